The van der Waals surface area contributed by atoms with Crippen molar-refractivity contribution in [3.8, 4) is 5.75 Å². The van der Waals surface area contributed by atoms with Gasteiger partial charge < -0.3 is 13.9 Å². The second-order valence-electron chi connectivity index (χ2n) is 7.04. The third-order valence-electron chi connectivity index (χ3n) is 4.16. The number of ether oxygens (including phenoxy) is 2. The summed E-state index contributed by atoms with van der Waals surface area (Å²) in [4.78, 5) is 6.82. The molecule has 1 aromatic carbocycles. The topological polar surface area (TPSA) is 47.7 Å². The summed E-state index contributed by atoms with van der Waals surface area (Å²) in [5, 5.41) is 0. The maximum absolute atomic E-state index is 6.17. The quantitative estimate of drug-likeness (QED) is 0.841. The summed E-state index contributed by atoms with van der Waals surface area (Å²) in [5.41, 5.74) is 0.737. The lowest BCUT2D eigenvalue weighted by Crippen LogP contribution is -2.53. The van der Waals surface area contributed by atoms with Crippen LogP contribution < -0.4 is 4.74 Å². The molecule has 1 saturated heterocycles. The minimum Gasteiger partial charge on any atom is -0.491 e. The molecule has 24 heavy (non-hydrogen) atoms. The predicted octanol–water partition coefficient (Wildman–Crippen LogP) is 3.35. The Balaban J connectivity index is 1.61. The number of hydrogen-bond acceptors (Lipinski definition) is 5. The van der Waals surface area contributed by atoms with Gasteiger partial charge in [-0.1, -0.05) is 18.2 Å². The fourth-order valence-electron chi connectivity index (χ4n) is 3.13. The number of benzene rings is 1. The van der Waals surface area contributed by atoms with Gasteiger partial charge in [-0.2, -0.15) is 0 Å². The zero-order valence-electron chi connectivity index (χ0n) is 14.9. The van der Waals surface area contributed by atoms with Crippen LogP contribution in [0.5, 0.6) is 5.75 Å². The molecule has 5 nitrogen and oxygen atoms in total. The van der Waals surface area contributed by atoms with E-state index in [0.29, 0.717) is 13.2 Å². The van der Waals surface area contributed by atoms with Gasteiger partial charge in [0, 0.05) is 13.1 Å². The van der Waals surface area contributed by atoms with Crippen LogP contribution in [0.3, 0.4) is 0 Å². The summed E-state index contributed by atoms with van der Waals surface area (Å²) in [6.45, 7) is 11.0. The van der Waals surface area contributed by atoms with Crippen LogP contribution in [0.4, 0.5) is 0 Å². The fourth-order valence-corrected chi connectivity index (χ4v) is 3.13. The molecule has 2 heterocycles. The van der Waals surface area contributed by atoms with E-state index in [-0.39, 0.29) is 11.7 Å². The molecule has 0 amide bonds. The normalized spacial score (nSPS) is 20.9. The number of oxazole rings is 1. The molecule has 0 unspecified atom stereocenters. The molecule has 3 rings (SSSR count). The molecule has 0 spiro atoms. The second kappa shape index (κ2) is 6.95. The van der Waals surface area contributed by atoms with E-state index in [1.54, 1.807) is 0 Å². The maximum atomic E-state index is 6.17. The number of morpholine rings is 1. The molecule has 0 saturated carbocycles. The molecule has 0 bridgehead atoms. The standard InChI is InChI=1S/C19H26N2O3/c1-14-15(2)23-18(20-14)11-21-10-17(24-19(3,4)13-21)12-22-16-8-6-5-7-9-16/h5-9,17H,10-13H2,1-4H3/t17-/m0/s1. The first-order valence-electron chi connectivity index (χ1n) is 8.42. The van der Waals surface area contributed by atoms with Gasteiger partial charge in [0.2, 0.25) is 5.89 Å². The van der Waals surface area contributed by atoms with Gasteiger partial charge in [0.25, 0.3) is 0 Å². The minimum atomic E-state index is -0.223. The van der Waals surface area contributed by atoms with Gasteiger partial charge in [0.1, 0.15) is 24.2 Å². The van der Waals surface area contributed by atoms with E-state index in [2.05, 4.69) is 23.7 Å². The smallest absolute Gasteiger partial charge is 0.208 e. The third-order valence-corrected chi connectivity index (χ3v) is 4.16. The van der Waals surface area contributed by atoms with Gasteiger partial charge in [-0.05, 0) is 39.8 Å². The average molecular weight is 330 g/mol. The zero-order valence-corrected chi connectivity index (χ0v) is 14.9. The largest absolute Gasteiger partial charge is 0.491 e. The van der Waals surface area contributed by atoms with Gasteiger partial charge in [-0.15, -0.1) is 0 Å². The Morgan fingerprint density at radius 3 is 2.67 bits per heavy atom. The summed E-state index contributed by atoms with van der Waals surface area (Å²) < 4.78 is 17.8. The molecule has 5 heteroatoms. The van der Waals surface area contributed by atoms with Crippen LogP contribution in [-0.2, 0) is 11.3 Å². The van der Waals surface area contributed by atoms with Crippen LogP contribution in [0.2, 0.25) is 0 Å². The number of para-hydroxylation sites is 1. The van der Waals surface area contributed by atoms with Crippen LogP contribution in [0, 0.1) is 13.8 Å². The molecule has 1 atom stereocenters. The van der Waals surface area contributed by atoms with E-state index in [0.717, 1.165) is 36.2 Å². The van der Waals surface area contributed by atoms with E-state index < -0.39 is 0 Å². The van der Waals surface area contributed by atoms with Crippen molar-refractivity contribution in [1.82, 2.24) is 9.88 Å². The molecule has 1 aromatic heterocycles. The molecule has 130 valence electrons. The highest BCUT2D eigenvalue weighted by Gasteiger charge is 2.34. The Kier molecular flexibility index (Phi) is 4.92. The first-order chi connectivity index (χ1) is 11.4. The van der Waals surface area contributed by atoms with E-state index in [1.165, 1.54) is 0 Å². The zero-order chi connectivity index (χ0) is 17.2. The van der Waals surface area contributed by atoms with E-state index in [4.69, 9.17) is 13.9 Å². The summed E-state index contributed by atoms with van der Waals surface area (Å²) in [6.07, 6.45) is 0.0195. The maximum Gasteiger partial charge on any atom is 0.208 e. The average Bonchev–Trinajstić information content (AvgIpc) is 2.82. The van der Waals surface area contributed by atoms with Crippen molar-refractivity contribution >= 4 is 0 Å². The lowest BCUT2D eigenvalue weighted by Gasteiger charge is -2.42. The Hall–Kier alpha value is -1.85. The monoisotopic (exact) mass is 330 g/mol. The third kappa shape index (κ3) is 4.36. The van der Waals surface area contributed by atoms with Crippen molar-refractivity contribution in [2.45, 2.75) is 45.9 Å². The fraction of sp³-hybridized carbons (Fsp3) is 0.526. The van der Waals surface area contributed by atoms with Gasteiger partial charge in [-0.3, -0.25) is 4.90 Å². The molecule has 0 radical (unpaired) electrons. The molecule has 1 aliphatic heterocycles. The number of aromatic nitrogens is 1. The lowest BCUT2D eigenvalue weighted by atomic mass is 10.1. The highest BCUT2D eigenvalue weighted by atomic mass is 16.5. The summed E-state index contributed by atoms with van der Waals surface area (Å²) >= 11 is 0. The SMILES string of the molecule is Cc1nc(CN2C[C@@H](COc3ccccc3)OC(C)(C)C2)oc1C. The Morgan fingerprint density at radius 1 is 1.25 bits per heavy atom. The summed E-state index contributed by atoms with van der Waals surface area (Å²) in [7, 11) is 0. The van der Waals surface area contributed by atoms with Gasteiger partial charge in [-0.25, -0.2) is 4.98 Å². The van der Waals surface area contributed by atoms with Crippen molar-refractivity contribution in [2.75, 3.05) is 19.7 Å². The Morgan fingerprint density at radius 2 is 2.00 bits per heavy atom. The predicted molar refractivity (Wildman–Crippen MR) is 92.1 cm³/mol. The second-order valence-corrected chi connectivity index (χ2v) is 7.04. The van der Waals surface area contributed by atoms with Gasteiger partial charge in [0.15, 0.2) is 0 Å². The highest BCUT2D eigenvalue weighted by molar-refractivity contribution is 5.20. The number of rotatable bonds is 5. The highest BCUT2D eigenvalue weighted by Crippen LogP contribution is 2.23. The number of nitrogens with zero attached hydrogens (tertiary/aromatic N) is 2. The van der Waals surface area contributed by atoms with E-state index in [9.17, 15) is 0 Å². The van der Waals surface area contributed by atoms with Gasteiger partial charge in [0.05, 0.1) is 17.8 Å². The number of aryl methyl sites for hydroxylation is 2. The van der Waals surface area contributed by atoms with E-state index >= 15 is 0 Å². The molecule has 1 aliphatic rings. The van der Waals surface area contributed by atoms with E-state index in [1.807, 2.05) is 44.2 Å². The molecule has 2 aromatic rings. The Labute approximate surface area is 143 Å². The minimum absolute atomic E-state index is 0.0195. The van der Waals surface area contributed by atoms with Crippen molar-refractivity contribution in [1.29, 1.82) is 0 Å². The molecular weight excluding hydrogens is 304 g/mol. The van der Waals surface area contributed by atoms with Crippen LogP contribution in [0.25, 0.3) is 0 Å². The summed E-state index contributed by atoms with van der Waals surface area (Å²) in [5.74, 6) is 2.53. The van der Waals surface area contributed by atoms with Gasteiger partial charge >= 0.3 is 0 Å². The lowest BCUT2D eigenvalue weighted by molar-refractivity contribution is -0.148. The molecule has 1 fully saturated rings. The van der Waals surface area contributed by atoms with Crippen molar-refractivity contribution < 1.29 is 13.9 Å². The molecule has 0 aliphatic carbocycles. The van der Waals surface area contributed by atoms with Crippen LogP contribution in [-0.4, -0.2) is 41.3 Å². The summed E-state index contributed by atoms with van der Waals surface area (Å²) in [6, 6.07) is 9.85. The van der Waals surface area contributed by atoms with Crippen molar-refractivity contribution in [2.24, 2.45) is 0 Å². The first-order valence-corrected chi connectivity index (χ1v) is 8.42. The molecule has 0 N–H and O–H groups in total. The first kappa shape index (κ1) is 17.0. The molecular formula is C19H26N2O3. The van der Waals surface area contributed by atoms with Crippen LogP contribution >= 0.6 is 0 Å². The Bertz CT molecular complexity index is 647. The van der Waals surface area contributed by atoms with Crippen molar-refractivity contribution in [3.63, 3.8) is 0 Å². The number of hydrogen-bond donors (Lipinski definition) is 0. The van der Waals surface area contributed by atoms with Crippen LogP contribution in [0.15, 0.2) is 34.7 Å². The van der Waals surface area contributed by atoms with Crippen LogP contribution in [0.1, 0.15) is 31.2 Å². The van der Waals surface area contributed by atoms with Crippen molar-refractivity contribution in [3.05, 3.63) is 47.7 Å².